The molecule has 2 aromatic carbocycles. The average molecular weight is 683 g/mol. The van der Waals surface area contributed by atoms with E-state index in [9.17, 15) is 24.9 Å². The highest BCUT2D eigenvalue weighted by Crippen LogP contribution is 2.37. The third-order valence-electron chi connectivity index (χ3n) is 6.94. The number of hydrogen-bond acceptors (Lipinski definition) is 8. The molecule has 0 fully saturated rings. The van der Waals surface area contributed by atoms with Crippen molar-refractivity contribution in [3.8, 4) is 17.2 Å². The molecule has 3 atom stereocenters. The molecule has 0 aliphatic heterocycles. The summed E-state index contributed by atoms with van der Waals surface area (Å²) < 4.78 is 17.9. The first-order chi connectivity index (χ1) is 19.8. The Morgan fingerprint density at radius 2 is 1.85 bits per heavy atom. The SMILES string of the molecule is CCCC(=O)N(CCc1ccccc1OC)C1CC(C(=O)NCCO)=CC(Oc2c(I)cc(CO)cc2OC)C1O. The van der Waals surface area contributed by atoms with Crippen molar-refractivity contribution in [3.63, 3.8) is 0 Å². The molecule has 0 aromatic heterocycles. The van der Waals surface area contributed by atoms with Crippen molar-refractivity contribution in [2.45, 2.75) is 57.5 Å². The van der Waals surface area contributed by atoms with Crippen molar-refractivity contribution in [1.82, 2.24) is 10.2 Å². The number of nitrogens with one attached hydrogen (secondary N) is 1. The largest absolute Gasteiger partial charge is 0.496 e. The van der Waals surface area contributed by atoms with Crippen LogP contribution in [0, 0.1) is 3.57 Å². The van der Waals surface area contributed by atoms with Gasteiger partial charge in [-0.15, -0.1) is 0 Å². The number of aliphatic hydroxyl groups is 3. The van der Waals surface area contributed by atoms with Crippen molar-refractivity contribution < 1.29 is 39.1 Å². The predicted octanol–water partition coefficient (Wildman–Crippen LogP) is 2.59. The number of rotatable bonds is 14. The lowest BCUT2D eigenvalue weighted by molar-refractivity contribution is -0.138. The number of nitrogens with zero attached hydrogens (tertiary/aromatic N) is 1. The monoisotopic (exact) mass is 682 g/mol. The van der Waals surface area contributed by atoms with Crippen LogP contribution in [0.2, 0.25) is 0 Å². The lowest BCUT2D eigenvalue weighted by atomic mass is 9.87. The lowest BCUT2D eigenvalue weighted by Gasteiger charge is -2.41. The van der Waals surface area contributed by atoms with Gasteiger partial charge < -0.3 is 39.7 Å². The molecule has 1 aliphatic rings. The molecule has 1 aliphatic carbocycles. The maximum absolute atomic E-state index is 13.4. The first kappa shape index (κ1) is 32.6. The number of aliphatic hydroxyl groups excluding tert-OH is 3. The van der Waals surface area contributed by atoms with Crippen LogP contribution in [0.25, 0.3) is 0 Å². The summed E-state index contributed by atoms with van der Waals surface area (Å²) in [5.41, 5.74) is 1.89. The van der Waals surface area contributed by atoms with Gasteiger partial charge in [-0.2, -0.15) is 0 Å². The lowest BCUT2D eigenvalue weighted by Crippen LogP contribution is -2.55. The molecule has 3 rings (SSSR count). The van der Waals surface area contributed by atoms with Gasteiger partial charge in [0.2, 0.25) is 11.8 Å². The van der Waals surface area contributed by atoms with E-state index < -0.39 is 24.2 Å². The number of carbonyl (C=O) groups is 2. The fraction of sp³-hybridized carbons (Fsp3) is 0.467. The normalized spacial score (nSPS) is 18.3. The van der Waals surface area contributed by atoms with E-state index in [0.29, 0.717) is 51.3 Å². The first-order valence-electron chi connectivity index (χ1n) is 13.6. The molecule has 0 saturated heterocycles. The quantitative estimate of drug-likeness (QED) is 0.224. The fourth-order valence-electron chi connectivity index (χ4n) is 4.88. The van der Waals surface area contributed by atoms with Crippen molar-refractivity contribution in [2.24, 2.45) is 0 Å². The number of halogens is 1. The molecule has 0 spiro atoms. The molecule has 0 saturated carbocycles. The average Bonchev–Trinajstić information content (AvgIpc) is 2.98. The second kappa shape index (κ2) is 15.9. The third kappa shape index (κ3) is 8.34. The molecule has 0 bridgehead atoms. The third-order valence-corrected chi connectivity index (χ3v) is 7.74. The maximum Gasteiger partial charge on any atom is 0.247 e. The minimum atomic E-state index is -1.17. The van der Waals surface area contributed by atoms with Gasteiger partial charge in [0.05, 0.1) is 37.0 Å². The zero-order valence-electron chi connectivity index (χ0n) is 23.6. The summed E-state index contributed by atoms with van der Waals surface area (Å²) in [6.45, 7) is 1.87. The molecular weight excluding hydrogens is 643 g/mol. The van der Waals surface area contributed by atoms with Crippen LogP contribution in [-0.4, -0.2) is 84.2 Å². The van der Waals surface area contributed by atoms with E-state index in [2.05, 4.69) is 27.9 Å². The second-order valence-electron chi connectivity index (χ2n) is 9.68. The fourth-order valence-corrected chi connectivity index (χ4v) is 5.67. The summed E-state index contributed by atoms with van der Waals surface area (Å²) >= 11 is 2.06. The molecule has 2 amide bonds. The minimum Gasteiger partial charge on any atom is -0.496 e. The summed E-state index contributed by atoms with van der Waals surface area (Å²) in [5.74, 6) is 0.876. The Kier molecular flexibility index (Phi) is 12.7. The van der Waals surface area contributed by atoms with Crippen molar-refractivity contribution >= 4 is 34.4 Å². The van der Waals surface area contributed by atoms with E-state index in [0.717, 1.165) is 5.56 Å². The zero-order chi connectivity index (χ0) is 29.9. The van der Waals surface area contributed by atoms with Gasteiger partial charge in [0.15, 0.2) is 11.5 Å². The predicted molar refractivity (Wildman–Crippen MR) is 162 cm³/mol. The molecule has 11 heteroatoms. The Morgan fingerprint density at radius 3 is 2.51 bits per heavy atom. The Morgan fingerprint density at radius 1 is 1.12 bits per heavy atom. The molecule has 0 radical (unpaired) electrons. The highest BCUT2D eigenvalue weighted by molar-refractivity contribution is 14.1. The number of carbonyl (C=O) groups excluding carboxylic acids is 2. The van der Waals surface area contributed by atoms with E-state index in [1.165, 1.54) is 7.11 Å². The topological polar surface area (TPSA) is 138 Å². The summed E-state index contributed by atoms with van der Waals surface area (Å²) in [4.78, 5) is 28.1. The Balaban J connectivity index is 2.00. The number of ether oxygens (including phenoxy) is 3. The Labute approximate surface area is 254 Å². The van der Waals surface area contributed by atoms with Gasteiger partial charge in [-0.1, -0.05) is 25.1 Å². The number of hydrogen-bond donors (Lipinski definition) is 4. The second-order valence-corrected chi connectivity index (χ2v) is 10.8. The molecule has 41 heavy (non-hydrogen) atoms. The van der Waals surface area contributed by atoms with E-state index in [1.807, 2.05) is 31.2 Å². The summed E-state index contributed by atoms with van der Waals surface area (Å²) in [6.07, 6.45) is 0.904. The highest BCUT2D eigenvalue weighted by Gasteiger charge is 2.40. The molecule has 3 unspecified atom stereocenters. The van der Waals surface area contributed by atoms with Gasteiger partial charge in [-0.25, -0.2) is 0 Å². The van der Waals surface area contributed by atoms with Crippen LogP contribution >= 0.6 is 22.6 Å². The molecule has 10 nitrogen and oxygen atoms in total. The molecular formula is C30H39IN2O8. The van der Waals surface area contributed by atoms with E-state index in [1.54, 1.807) is 30.2 Å². The van der Waals surface area contributed by atoms with Crippen LogP contribution in [0.3, 0.4) is 0 Å². The maximum atomic E-state index is 13.4. The van der Waals surface area contributed by atoms with Crippen LogP contribution in [0.1, 0.15) is 37.3 Å². The van der Waals surface area contributed by atoms with Crippen LogP contribution < -0.4 is 19.5 Å². The number of methoxy groups -OCH3 is 2. The molecule has 224 valence electrons. The van der Waals surface area contributed by atoms with Gasteiger partial charge in [0, 0.05) is 31.5 Å². The number of para-hydroxylation sites is 1. The Hall–Kier alpha value is -2.87. The van der Waals surface area contributed by atoms with Crippen LogP contribution in [0.4, 0.5) is 0 Å². The molecule has 4 N–H and O–H groups in total. The van der Waals surface area contributed by atoms with Gasteiger partial charge in [0.25, 0.3) is 0 Å². The molecule has 0 heterocycles. The van der Waals surface area contributed by atoms with Crippen LogP contribution in [0.5, 0.6) is 17.2 Å². The standard InChI is InChI=1S/C30H39IN2O8/c1-4-7-27(36)33(12-10-20-8-5-6-9-24(20)39-2)23-16-21(30(38)32-11-13-34)17-25(28(23)37)41-29-22(31)14-19(18-35)15-26(29)40-3/h5-6,8-9,14-15,17,23,25,28,34-35,37H,4,7,10-13,16,18H2,1-3H3,(H,32,38). The van der Waals surface area contributed by atoms with E-state index >= 15 is 0 Å². The Bertz CT molecular complexity index is 1220. The summed E-state index contributed by atoms with van der Waals surface area (Å²) in [7, 11) is 3.07. The molecule has 2 aromatic rings. The highest BCUT2D eigenvalue weighted by atomic mass is 127. The van der Waals surface area contributed by atoms with Gasteiger partial charge >= 0.3 is 0 Å². The summed E-state index contributed by atoms with van der Waals surface area (Å²) in [5, 5.41) is 33.2. The van der Waals surface area contributed by atoms with Crippen molar-refractivity contribution in [1.29, 1.82) is 0 Å². The van der Waals surface area contributed by atoms with Gasteiger partial charge in [-0.05, 0) is 70.8 Å². The van der Waals surface area contributed by atoms with Crippen LogP contribution in [-0.2, 0) is 22.6 Å². The van der Waals surface area contributed by atoms with E-state index in [-0.39, 0.29) is 38.5 Å². The smallest absolute Gasteiger partial charge is 0.247 e. The van der Waals surface area contributed by atoms with E-state index in [4.69, 9.17) is 14.2 Å². The summed E-state index contributed by atoms with van der Waals surface area (Å²) in [6, 6.07) is 10.2. The zero-order valence-corrected chi connectivity index (χ0v) is 25.8. The van der Waals surface area contributed by atoms with Crippen LogP contribution in [0.15, 0.2) is 48.0 Å². The van der Waals surface area contributed by atoms with Gasteiger partial charge in [-0.3, -0.25) is 9.59 Å². The first-order valence-corrected chi connectivity index (χ1v) is 14.7. The van der Waals surface area contributed by atoms with Crippen molar-refractivity contribution in [2.75, 3.05) is 33.9 Å². The number of amides is 2. The van der Waals surface area contributed by atoms with Crippen molar-refractivity contribution in [3.05, 3.63) is 62.7 Å². The number of benzene rings is 2. The van der Waals surface area contributed by atoms with Gasteiger partial charge in [0.1, 0.15) is 18.0 Å². The minimum absolute atomic E-state index is 0.0650.